The molecule has 1 heterocycles. The highest BCUT2D eigenvalue weighted by Gasteiger charge is 2.61. The molecule has 2 saturated carbocycles. The number of rotatable bonds is 2. The summed E-state index contributed by atoms with van der Waals surface area (Å²) in [7, 11) is 0. The Balaban J connectivity index is 1.81. The molecule has 2 fully saturated rings. The lowest BCUT2D eigenvalue weighted by Crippen LogP contribution is -2.46. The smallest absolute Gasteiger partial charge is 0.254 e. The van der Waals surface area contributed by atoms with Gasteiger partial charge in [-0.25, -0.2) is 4.98 Å². The summed E-state index contributed by atoms with van der Waals surface area (Å²) in [6.45, 7) is 7.00. The summed E-state index contributed by atoms with van der Waals surface area (Å²) < 4.78 is 0. The first-order valence-electron chi connectivity index (χ1n) is 7.27. The first kappa shape index (κ1) is 13.9. The molecular weight excluding hydrogens is 272 g/mol. The van der Waals surface area contributed by atoms with Crippen molar-refractivity contribution in [2.45, 2.75) is 46.1 Å². The molecular formula is C16H21ClN2O. The highest BCUT2D eigenvalue weighted by Crippen LogP contribution is 2.65. The predicted octanol–water partition coefficient (Wildman–Crippen LogP) is 3.68. The molecule has 2 bridgehead atoms. The number of nitrogens with one attached hydrogen (secondary N) is 1. The summed E-state index contributed by atoms with van der Waals surface area (Å²) in [6, 6.07) is 3.71. The Kier molecular flexibility index (Phi) is 3.09. The molecule has 1 N–H and O–H groups in total. The Morgan fingerprint density at radius 1 is 1.45 bits per heavy atom. The van der Waals surface area contributed by atoms with E-state index in [0.29, 0.717) is 16.9 Å². The van der Waals surface area contributed by atoms with Crippen molar-refractivity contribution in [2.75, 3.05) is 0 Å². The molecule has 2 aliphatic carbocycles. The number of carbonyl (C=O) groups is 1. The zero-order valence-corrected chi connectivity index (χ0v) is 13.0. The van der Waals surface area contributed by atoms with Crippen LogP contribution in [0, 0.1) is 16.7 Å². The molecule has 1 amide bonds. The lowest BCUT2D eigenvalue weighted by atomic mass is 9.69. The van der Waals surface area contributed by atoms with Crippen LogP contribution in [-0.4, -0.2) is 16.9 Å². The molecule has 3 nitrogen and oxygen atoms in total. The minimum Gasteiger partial charge on any atom is -0.349 e. The van der Waals surface area contributed by atoms with E-state index in [1.165, 1.54) is 12.8 Å². The maximum Gasteiger partial charge on any atom is 0.254 e. The first-order chi connectivity index (χ1) is 9.36. The minimum atomic E-state index is -0.0994. The Morgan fingerprint density at radius 3 is 2.75 bits per heavy atom. The molecule has 20 heavy (non-hydrogen) atoms. The number of amides is 1. The Morgan fingerprint density at radius 2 is 2.20 bits per heavy atom. The second-order valence-electron chi connectivity index (χ2n) is 6.98. The monoisotopic (exact) mass is 292 g/mol. The second kappa shape index (κ2) is 4.45. The van der Waals surface area contributed by atoms with Gasteiger partial charge in [0.2, 0.25) is 0 Å². The first-order valence-corrected chi connectivity index (χ1v) is 7.65. The number of fused-ring (bicyclic) bond motifs is 2. The van der Waals surface area contributed by atoms with E-state index in [9.17, 15) is 4.79 Å². The number of hydrogen-bond donors (Lipinski definition) is 1. The van der Waals surface area contributed by atoms with Crippen LogP contribution in [0.2, 0.25) is 5.15 Å². The second-order valence-corrected chi connectivity index (χ2v) is 7.34. The average Bonchev–Trinajstić information content (AvgIpc) is 2.72. The number of carbonyl (C=O) groups excluding carboxylic acids is 1. The van der Waals surface area contributed by atoms with Crippen LogP contribution in [0.4, 0.5) is 0 Å². The van der Waals surface area contributed by atoms with Gasteiger partial charge in [0.25, 0.3) is 5.91 Å². The zero-order valence-electron chi connectivity index (χ0n) is 12.2. The molecule has 3 rings (SSSR count). The fourth-order valence-corrected chi connectivity index (χ4v) is 4.42. The fourth-order valence-electron chi connectivity index (χ4n) is 4.21. The van der Waals surface area contributed by atoms with Crippen LogP contribution in [-0.2, 0) is 0 Å². The quantitative estimate of drug-likeness (QED) is 0.845. The summed E-state index contributed by atoms with van der Waals surface area (Å²) in [5.41, 5.74) is 0.949. The van der Waals surface area contributed by atoms with Crippen molar-refractivity contribution in [3.05, 3.63) is 29.0 Å². The van der Waals surface area contributed by atoms with Crippen molar-refractivity contribution in [1.82, 2.24) is 10.3 Å². The van der Waals surface area contributed by atoms with Crippen LogP contribution in [0.25, 0.3) is 0 Å². The van der Waals surface area contributed by atoms with Gasteiger partial charge in [-0.3, -0.25) is 4.79 Å². The van der Waals surface area contributed by atoms with Crippen LogP contribution >= 0.6 is 11.6 Å². The topological polar surface area (TPSA) is 42.0 Å². The predicted molar refractivity (Wildman–Crippen MR) is 79.7 cm³/mol. The van der Waals surface area contributed by atoms with Gasteiger partial charge in [0, 0.05) is 12.2 Å². The average molecular weight is 293 g/mol. The minimum absolute atomic E-state index is 0.0994. The fraction of sp³-hybridized carbons (Fsp3) is 0.625. The molecule has 108 valence electrons. The van der Waals surface area contributed by atoms with Crippen LogP contribution < -0.4 is 5.32 Å². The maximum absolute atomic E-state index is 12.4. The summed E-state index contributed by atoms with van der Waals surface area (Å²) in [5, 5.41) is 3.48. The van der Waals surface area contributed by atoms with Crippen molar-refractivity contribution in [3.63, 3.8) is 0 Å². The van der Waals surface area contributed by atoms with Crippen molar-refractivity contribution >= 4 is 17.5 Å². The van der Waals surface area contributed by atoms with E-state index in [4.69, 9.17) is 11.6 Å². The molecule has 0 spiro atoms. The van der Waals surface area contributed by atoms with E-state index < -0.39 is 0 Å². The maximum atomic E-state index is 12.4. The Labute approximate surface area is 125 Å². The summed E-state index contributed by atoms with van der Waals surface area (Å²) in [5.74, 6) is 0.611. The number of pyridine rings is 1. The van der Waals surface area contributed by atoms with E-state index in [1.54, 1.807) is 18.3 Å². The van der Waals surface area contributed by atoms with Gasteiger partial charge in [-0.1, -0.05) is 32.4 Å². The van der Waals surface area contributed by atoms with Gasteiger partial charge in [-0.2, -0.15) is 0 Å². The third-order valence-electron chi connectivity index (χ3n) is 6.10. The standard InChI is InChI=1S/C16H21ClN2O/c1-15(2)10-6-7-16(15,3)12(9-10)19-14(20)11-5-4-8-18-13(11)17/h4-5,8,10,12H,6-7,9H2,1-3H3,(H,19,20). The molecule has 1 aromatic rings. The largest absolute Gasteiger partial charge is 0.349 e. The zero-order chi connectivity index (χ0) is 14.5. The molecule has 2 aliphatic rings. The van der Waals surface area contributed by atoms with Gasteiger partial charge in [-0.05, 0) is 48.1 Å². The molecule has 0 aliphatic heterocycles. The summed E-state index contributed by atoms with van der Waals surface area (Å²) in [6.07, 6.45) is 5.15. The van der Waals surface area contributed by atoms with Crippen molar-refractivity contribution < 1.29 is 4.79 Å². The highest BCUT2D eigenvalue weighted by atomic mass is 35.5. The van der Waals surface area contributed by atoms with Gasteiger partial charge < -0.3 is 5.32 Å². The van der Waals surface area contributed by atoms with Gasteiger partial charge in [-0.15, -0.1) is 0 Å². The SMILES string of the molecule is CC1(C)C2CCC1(C)C(NC(=O)c1cccnc1Cl)C2. The molecule has 0 radical (unpaired) electrons. The van der Waals surface area contributed by atoms with Gasteiger partial charge in [0.15, 0.2) is 0 Å². The van der Waals surface area contributed by atoms with Crippen molar-refractivity contribution in [2.24, 2.45) is 16.7 Å². The summed E-state index contributed by atoms with van der Waals surface area (Å²) >= 11 is 6.00. The molecule has 1 aromatic heterocycles. The van der Waals surface area contributed by atoms with E-state index in [2.05, 4.69) is 31.1 Å². The van der Waals surface area contributed by atoms with Crippen molar-refractivity contribution in [1.29, 1.82) is 0 Å². The number of halogens is 1. The van der Waals surface area contributed by atoms with E-state index in [1.807, 2.05) is 0 Å². The molecule has 4 heteroatoms. The van der Waals surface area contributed by atoms with E-state index >= 15 is 0 Å². The lowest BCUT2D eigenvalue weighted by Gasteiger charge is -2.39. The van der Waals surface area contributed by atoms with Crippen LogP contribution in [0.5, 0.6) is 0 Å². The summed E-state index contributed by atoms with van der Waals surface area (Å²) in [4.78, 5) is 16.4. The molecule has 3 atom stereocenters. The van der Waals surface area contributed by atoms with Crippen LogP contribution in [0.15, 0.2) is 18.3 Å². The molecule has 0 aromatic carbocycles. The van der Waals surface area contributed by atoms with Gasteiger partial charge in [0.1, 0.15) is 5.15 Å². The highest BCUT2D eigenvalue weighted by molar-refractivity contribution is 6.32. The Bertz CT molecular complexity index is 557. The van der Waals surface area contributed by atoms with Crippen LogP contribution in [0.1, 0.15) is 50.4 Å². The third kappa shape index (κ3) is 1.79. The number of aromatic nitrogens is 1. The Hall–Kier alpha value is -1.09. The third-order valence-corrected chi connectivity index (χ3v) is 6.40. The normalized spacial score (nSPS) is 34.2. The lowest BCUT2D eigenvalue weighted by molar-refractivity contribution is 0.0826. The van der Waals surface area contributed by atoms with Gasteiger partial charge >= 0.3 is 0 Å². The van der Waals surface area contributed by atoms with E-state index in [-0.39, 0.29) is 22.5 Å². The van der Waals surface area contributed by atoms with Crippen molar-refractivity contribution in [3.8, 4) is 0 Å². The molecule has 0 saturated heterocycles. The number of nitrogens with zero attached hydrogens (tertiary/aromatic N) is 1. The number of hydrogen-bond acceptors (Lipinski definition) is 2. The molecule has 3 unspecified atom stereocenters. The van der Waals surface area contributed by atoms with Crippen LogP contribution in [0.3, 0.4) is 0 Å². The van der Waals surface area contributed by atoms with Gasteiger partial charge in [0.05, 0.1) is 5.56 Å². The van der Waals surface area contributed by atoms with E-state index in [0.717, 1.165) is 6.42 Å².